The number of aliphatic hydroxyl groups excluding tert-OH is 1. The van der Waals surface area contributed by atoms with Gasteiger partial charge in [-0.1, -0.05) is 0 Å². The van der Waals surface area contributed by atoms with E-state index in [4.69, 9.17) is 10.8 Å². The van der Waals surface area contributed by atoms with Gasteiger partial charge in [-0.05, 0) is 0 Å². The minimum absolute atomic E-state index is 0.0962. The van der Waals surface area contributed by atoms with Crippen molar-refractivity contribution in [3.05, 3.63) is 0 Å². The summed E-state index contributed by atoms with van der Waals surface area (Å²) in [5.41, 5.74) is 5.03. The fourth-order valence-corrected chi connectivity index (χ4v) is 0.932. The van der Waals surface area contributed by atoms with Crippen molar-refractivity contribution < 1.29 is 14.1 Å². The van der Waals surface area contributed by atoms with E-state index in [-0.39, 0.29) is 6.54 Å². The highest BCUT2D eigenvalue weighted by Crippen LogP contribution is 1.79. The summed E-state index contributed by atoms with van der Waals surface area (Å²) in [6, 6.07) is 0. The maximum Gasteiger partial charge on any atom is 0.250 e. The molecule has 4 N–H and O–H groups in total. The van der Waals surface area contributed by atoms with Crippen molar-refractivity contribution in [3.8, 4) is 0 Å². The molecule has 0 spiro atoms. The fraction of sp³-hybridized carbons (Fsp3) is 0.833. The fourth-order valence-electron chi connectivity index (χ4n) is 0.543. The summed E-state index contributed by atoms with van der Waals surface area (Å²) in [6.45, 7) is 0.208. The average molecular weight is 194 g/mol. The van der Waals surface area contributed by atoms with Gasteiger partial charge in [-0.15, -0.1) is 0 Å². The van der Waals surface area contributed by atoms with Gasteiger partial charge in [-0.25, -0.2) is 0 Å². The first-order valence-electron chi connectivity index (χ1n) is 3.53. The van der Waals surface area contributed by atoms with E-state index in [1.165, 1.54) is 0 Å². The highest BCUT2D eigenvalue weighted by Gasteiger charge is 2.11. The summed E-state index contributed by atoms with van der Waals surface area (Å²) in [4.78, 5) is 10.8. The van der Waals surface area contributed by atoms with Crippen molar-refractivity contribution >= 4 is 16.7 Å². The zero-order chi connectivity index (χ0) is 9.56. The van der Waals surface area contributed by atoms with Gasteiger partial charge in [0.25, 0.3) is 0 Å². The van der Waals surface area contributed by atoms with Crippen LogP contribution in [0.1, 0.15) is 0 Å². The zero-order valence-corrected chi connectivity index (χ0v) is 7.76. The number of hydrogen-bond donors (Lipinski definition) is 3. The Morgan fingerprint density at radius 1 is 1.75 bits per heavy atom. The molecule has 0 aliphatic rings. The number of amides is 1. The van der Waals surface area contributed by atoms with Gasteiger partial charge in [0.05, 0.1) is 0 Å². The molecule has 0 aromatic heterocycles. The lowest BCUT2D eigenvalue weighted by Gasteiger charge is -2.07. The topological polar surface area (TPSA) is 92.4 Å². The molecule has 0 unspecified atom stereocenters. The summed E-state index contributed by atoms with van der Waals surface area (Å²) in [5.74, 6) is -0.119. The lowest BCUT2D eigenvalue weighted by molar-refractivity contribution is -0.128. The first kappa shape index (κ1) is 11.5. The van der Waals surface area contributed by atoms with E-state index < -0.39 is 22.8 Å². The molecule has 0 heterocycles. The van der Waals surface area contributed by atoms with Crippen LogP contribution in [0.25, 0.3) is 0 Å². The SMILES string of the molecule is C[S@](=O)CCNC(=O)[C@H](O)CN. The van der Waals surface area contributed by atoms with Crippen LogP contribution in [0.5, 0.6) is 0 Å². The molecule has 1 amide bonds. The summed E-state index contributed by atoms with van der Waals surface area (Å²) in [5, 5.41) is 11.3. The number of carbonyl (C=O) groups is 1. The zero-order valence-electron chi connectivity index (χ0n) is 6.95. The third-order valence-electron chi connectivity index (χ3n) is 1.21. The smallest absolute Gasteiger partial charge is 0.250 e. The Balaban J connectivity index is 3.50. The van der Waals surface area contributed by atoms with E-state index in [1.54, 1.807) is 6.26 Å². The van der Waals surface area contributed by atoms with Crippen LogP contribution in [0.3, 0.4) is 0 Å². The van der Waals surface area contributed by atoms with Gasteiger partial charge in [0.1, 0.15) is 6.10 Å². The van der Waals surface area contributed by atoms with Gasteiger partial charge in [0.2, 0.25) is 5.91 Å². The summed E-state index contributed by atoms with van der Waals surface area (Å²) in [7, 11) is -0.925. The van der Waals surface area contributed by atoms with Crippen LogP contribution in [0.2, 0.25) is 0 Å². The van der Waals surface area contributed by atoms with Crippen LogP contribution in [-0.2, 0) is 15.6 Å². The van der Waals surface area contributed by atoms with Crippen LogP contribution in [0, 0.1) is 0 Å². The standard InChI is InChI=1S/C6H14N2O3S/c1-12(11)3-2-8-6(10)5(9)4-7/h5,9H,2-4,7H2,1H3,(H,8,10)/t5-,12+/m1/s1. The Hall–Kier alpha value is -0.460. The average Bonchev–Trinajstić information content (AvgIpc) is 2.02. The second kappa shape index (κ2) is 6.10. The Bertz CT molecular complexity index is 174. The molecule has 0 fully saturated rings. The molecule has 0 radical (unpaired) electrons. The summed E-state index contributed by atoms with van der Waals surface area (Å²) < 4.78 is 10.5. The predicted molar refractivity (Wildman–Crippen MR) is 47.0 cm³/mol. The number of aliphatic hydroxyl groups is 1. The van der Waals surface area contributed by atoms with E-state index in [2.05, 4.69) is 5.32 Å². The first-order valence-corrected chi connectivity index (χ1v) is 5.26. The van der Waals surface area contributed by atoms with Gasteiger partial charge in [0.15, 0.2) is 0 Å². The van der Waals surface area contributed by atoms with Crippen LogP contribution < -0.4 is 11.1 Å². The highest BCUT2D eigenvalue weighted by molar-refractivity contribution is 7.84. The molecule has 2 atom stereocenters. The molecule has 0 rings (SSSR count). The molecular weight excluding hydrogens is 180 g/mol. The maximum absolute atomic E-state index is 10.8. The largest absolute Gasteiger partial charge is 0.382 e. The summed E-state index contributed by atoms with van der Waals surface area (Å²) >= 11 is 0. The Morgan fingerprint density at radius 3 is 2.75 bits per heavy atom. The van der Waals surface area contributed by atoms with E-state index in [0.717, 1.165) is 0 Å². The number of nitrogens with two attached hydrogens (primary N) is 1. The lowest BCUT2D eigenvalue weighted by Crippen LogP contribution is -2.40. The van der Waals surface area contributed by atoms with Crippen molar-refractivity contribution in [1.29, 1.82) is 0 Å². The molecule has 6 heteroatoms. The highest BCUT2D eigenvalue weighted by atomic mass is 32.2. The van der Waals surface area contributed by atoms with E-state index in [1.807, 2.05) is 0 Å². The Labute approximate surface area is 73.8 Å². The first-order chi connectivity index (χ1) is 5.57. The second-order valence-corrected chi connectivity index (χ2v) is 3.87. The van der Waals surface area contributed by atoms with Crippen LogP contribution in [0.4, 0.5) is 0 Å². The van der Waals surface area contributed by atoms with Crippen molar-refractivity contribution in [3.63, 3.8) is 0 Å². The number of carbonyl (C=O) groups excluding carboxylic acids is 1. The maximum atomic E-state index is 10.8. The summed E-state index contributed by atoms with van der Waals surface area (Å²) in [6.07, 6.45) is 0.390. The monoisotopic (exact) mass is 194 g/mol. The number of hydrogen-bond acceptors (Lipinski definition) is 4. The number of nitrogens with one attached hydrogen (secondary N) is 1. The third-order valence-corrected chi connectivity index (χ3v) is 1.99. The van der Waals surface area contributed by atoms with Gasteiger partial charge in [0, 0.05) is 35.9 Å². The molecule has 12 heavy (non-hydrogen) atoms. The second-order valence-electron chi connectivity index (χ2n) is 2.32. The predicted octanol–water partition coefficient (Wildman–Crippen LogP) is -2.20. The molecule has 0 aliphatic heterocycles. The number of rotatable bonds is 5. The molecule has 0 aliphatic carbocycles. The van der Waals surface area contributed by atoms with Crippen molar-refractivity contribution in [2.75, 3.05) is 25.1 Å². The molecule has 0 saturated heterocycles. The van der Waals surface area contributed by atoms with Crippen molar-refractivity contribution in [1.82, 2.24) is 5.32 Å². The van der Waals surface area contributed by atoms with E-state index >= 15 is 0 Å². The van der Waals surface area contributed by atoms with Crippen LogP contribution in [0.15, 0.2) is 0 Å². The van der Waals surface area contributed by atoms with Gasteiger partial charge < -0.3 is 16.2 Å². The van der Waals surface area contributed by atoms with Crippen molar-refractivity contribution in [2.24, 2.45) is 5.73 Å². The van der Waals surface area contributed by atoms with Crippen molar-refractivity contribution in [2.45, 2.75) is 6.10 Å². The minimum atomic E-state index is -1.16. The molecule has 0 aromatic rings. The minimum Gasteiger partial charge on any atom is -0.382 e. The quantitative estimate of drug-likeness (QED) is 0.463. The van der Waals surface area contributed by atoms with Gasteiger partial charge >= 0.3 is 0 Å². The molecule has 0 saturated carbocycles. The van der Waals surface area contributed by atoms with Crippen LogP contribution >= 0.6 is 0 Å². The molecule has 0 bridgehead atoms. The van der Waals surface area contributed by atoms with Gasteiger partial charge in [-0.3, -0.25) is 9.00 Å². The molecule has 5 nitrogen and oxygen atoms in total. The van der Waals surface area contributed by atoms with Crippen LogP contribution in [-0.4, -0.2) is 46.4 Å². The van der Waals surface area contributed by atoms with E-state index in [9.17, 15) is 9.00 Å². The molecule has 72 valence electrons. The Kier molecular flexibility index (Phi) is 5.87. The third kappa shape index (κ3) is 5.22. The van der Waals surface area contributed by atoms with E-state index in [0.29, 0.717) is 12.3 Å². The molecule has 0 aromatic carbocycles. The lowest BCUT2D eigenvalue weighted by atomic mass is 10.3. The normalized spacial score (nSPS) is 15.2. The Morgan fingerprint density at radius 2 is 2.33 bits per heavy atom. The molecular formula is C6H14N2O3S. The van der Waals surface area contributed by atoms with Gasteiger partial charge in [-0.2, -0.15) is 0 Å².